The molecule has 3 aliphatic carbocycles. The summed E-state index contributed by atoms with van der Waals surface area (Å²) in [6.07, 6.45) is 0. The van der Waals surface area contributed by atoms with Gasteiger partial charge in [0.1, 0.15) is 11.2 Å². The van der Waals surface area contributed by atoms with Crippen LogP contribution < -0.4 is 4.90 Å². The Morgan fingerprint density at radius 1 is 0.371 bits per heavy atom. The lowest BCUT2D eigenvalue weighted by Gasteiger charge is -2.32. The predicted octanol–water partition coefficient (Wildman–Crippen LogP) is 16.0. The van der Waals surface area contributed by atoms with Crippen LogP contribution in [-0.2, 0) is 10.8 Å². The molecule has 1 unspecified atom stereocenters. The summed E-state index contributed by atoms with van der Waals surface area (Å²) in [4.78, 5) is 2.50. The highest BCUT2D eigenvalue weighted by molar-refractivity contribution is 6.16. The first kappa shape index (κ1) is 35.3. The lowest BCUT2D eigenvalue weighted by molar-refractivity contribution is 0.660. The summed E-state index contributed by atoms with van der Waals surface area (Å²) >= 11 is 0. The molecule has 1 atom stereocenters. The van der Waals surface area contributed by atoms with Crippen LogP contribution in [0.2, 0.25) is 0 Å². The molecular formula is C60H43NO. The van der Waals surface area contributed by atoms with Crippen molar-refractivity contribution in [3.8, 4) is 44.5 Å². The van der Waals surface area contributed by atoms with Gasteiger partial charge in [0, 0.05) is 33.2 Å². The number of fused-ring (bicyclic) bond motifs is 17. The van der Waals surface area contributed by atoms with Gasteiger partial charge in [0.25, 0.3) is 0 Å². The average Bonchev–Trinajstić information content (AvgIpc) is 3.99. The number of hydrogen-bond donors (Lipinski definition) is 0. The Hall–Kier alpha value is -7.42. The molecular weight excluding hydrogens is 751 g/mol. The summed E-state index contributed by atoms with van der Waals surface area (Å²) in [5.74, 6) is 0. The van der Waals surface area contributed by atoms with E-state index in [4.69, 9.17) is 4.42 Å². The van der Waals surface area contributed by atoms with Crippen molar-refractivity contribution < 1.29 is 4.42 Å². The summed E-state index contributed by atoms with van der Waals surface area (Å²) in [5, 5.41) is 2.35. The number of benzene rings is 9. The third-order valence-corrected chi connectivity index (χ3v) is 14.6. The maximum atomic E-state index is 6.54. The molecule has 0 radical (unpaired) electrons. The lowest BCUT2D eigenvalue weighted by atomic mass is 9.70. The minimum absolute atomic E-state index is 0.137. The van der Waals surface area contributed by atoms with Crippen LogP contribution in [0.5, 0.6) is 0 Å². The Morgan fingerprint density at radius 2 is 0.887 bits per heavy atom. The number of aryl methyl sites for hydroxylation is 2. The molecule has 0 N–H and O–H groups in total. The fraction of sp³-hybridized carbons (Fsp3) is 0.100. The van der Waals surface area contributed by atoms with E-state index in [0.717, 1.165) is 33.6 Å². The Kier molecular flexibility index (Phi) is 7.16. The quantitative estimate of drug-likeness (QED) is 0.176. The number of para-hydroxylation sites is 1. The van der Waals surface area contributed by atoms with Crippen LogP contribution in [0, 0.1) is 13.8 Å². The second-order valence-electron chi connectivity index (χ2n) is 18.1. The molecule has 0 fully saturated rings. The van der Waals surface area contributed by atoms with E-state index in [1.807, 2.05) is 0 Å². The molecule has 0 bridgehead atoms. The van der Waals surface area contributed by atoms with Crippen LogP contribution in [0.15, 0.2) is 192 Å². The molecule has 2 heteroatoms. The van der Waals surface area contributed by atoms with E-state index in [2.05, 4.69) is 221 Å². The SMILES string of the molecule is Cc1ccccc1-c1ccc(N(c2ccc3c(c2)C(C)(C)c2ccccc2-3)c2ccc3c(c2)C2(c4ccccc4-3)c3ccccc3-c3c2ccc2oc4ccccc4c32)cc1C. The summed E-state index contributed by atoms with van der Waals surface area (Å²) in [7, 11) is 0. The highest BCUT2D eigenvalue weighted by atomic mass is 16.3. The second kappa shape index (κ2) is 12.6. The summed E-state index contributed by atoms with van der Waals surface area (Å²) in [6, 6.07) is 70.3. The van der Waals surface area contributed by atoms with Gasteiger partial charge in [-0.15, -0.1) is 0 Å². The van der Waals surface area contributed by atoms with Gasteiger partial charge >= 0.3 is 0 Å². The molecule has 3 aliphatic rings. The predicted molar refractivity (Wildman–Crippen MR) is 257 cm³/mol. The summed E-state index contributed by atoms with van der Waals surface area (Å²) in [5.41, 5.74) is 25.4. The largest absolute Gasteiger partial charge is 0.456 e. The molecule has 62 heavy (non-hydrogen) atoms. The van der Waals surface area contributed by atoms with Crippen LogP contribution in [0.4, 0.5) is 17.1 Å². The van der Waals surface area contributed by atoms with E-state index in [1.165, 1.54) is 94.4 Å². The molecule has 0 saturated heterocycles. The van der Waals surface area contributed by atoms with Crippen LogP contribution >= 0.6 is 0 Å². The Morgan fingerprint density at radius 3 is 1.61 bits per heavy atom. The molecule has 2 nitrogen and oxygen atoms in total. The van der Waals surface area contributed by atoms with Gasteiger partial charge in [-0.25, -0.2) is 0 Å². The van der Waals surface area contributed by atoms with Crippen molar-refractivity contribution in [2.45, 2.75) is 38.5 Å². The molecule has 1 heterocycles. The Balaban J connectivity index is 1.08. The fourth-order valence-electron chi connectivity index (χ4n) is 11.8. The monoisotopic (exact) mass is 793 g/mol. The third kappa shape index (κ3) is 4.54. The van der Waals surface area contributed by atoms with Crippen molar-refractivity contribution in [1.82, 2.24) is 0 Å². The standard InChI is InChI=1S/C60H43NO/c1-36-15-5-6-16-41(36)42-28-25-38(33-37(42)2)61(39-26-29-45-43-17-7-11-21-49(43)59(3,4)53(45)34-39)40-27-30-46-44-18-8-12-22-50(44)60(54(46)35-40)51-23-13-9-19-47(51)57-52(60)31-32-56-58(57)48-20-10-14-24-55(48)62-56/h5-35H,1-4H3. The highest BCUT2D eigenvalue weighted by Crippen LogP contribution is 2.65. The number of anilines is 3. The first-order chi connectivity index (χ1) is 30.3. The summed E-state index contributed by atoms with van der Waals surface area (Å²) < 4.78 is 6.54. The van der Waals surface area contributed by atoms with Crippen molar-refractivity contribution in [1.29, 1.82) is 0 Å². The molecule has 10 aromatic rings. The van der Waals surface area contributed by atoms with Crippen molar-refractivity contribution >= 4 is 39.0 Å². The van der Waals surface area contributed by atoms with Crippen molar-refractivity contribution in [2.24, 2.45) is 0 Å². The van der Waals surface area contributed by atoms with Gasteiger partial charge in [0.15, 0.2) is 0 Å². The van der Waals surface area contributed by atoms with E-state index < -0.39 is 5.41 Å². The summed E-state index contributed by atoms with van der Waals surface area (Å²) in [6.45, 7) is 9.21. The fourth-order valence-corrected chi connectivity index (χ4v) is 11.8. The molecule has 9 aromatic carbocycles. The smallest absolute Gasteiger partial charge is 0.136 e. The van der Waals surface area contributed by atoms with Gasteiger partial charge in [0.05, 0.1) is 5.41 Å². The van der Waals surface area contributed by atoms with Gasteiger partial charge in [-0.05, 0) is 151 Å². The Labute approximate surface area is 362 Å². The minimum atomic E-state index is -0.529. The molecule has 0 aliphatic heterocycles. The van der Waals surface area contributed by atoms with Gasteiger partial charge in [-0.3, -0.25) is 0 Å². The zero-order valence-corrected chi connectivity index (χ0v) is 35.3. The maximum absolute atomic E-state index is 6.54. The molecule has 13 rings (SSSR count). The van der Waals surface area contributed by atoms with Crippen LogP contribution in [-0.4, -0.2) is 0 Å². The Bertz CT molecular complexity index is 3550. The van der Waals surface area contributed by atoms with Crippen molar-refractivity contribution in [2.75, 3.05) is 4.90 Å². The zero-order chi connectivity index (χ0) is 41.5. The van der Waals surface area contributed by atoms with E-state index in [9.17, 15) is 0 Å². The van der Waals surface area contributed by atoms with Crippen LogP contribution in [0.1, 0.15) is 58.4 Å². The second-order valence-corrected chi connectivity index (χ2v) is 18.1. The number of furan rings is 1. The molecule has 0 amide bonds. The first-order valence-electron chi connectivity index (χ1n) is 21.8. The van der Waals surface area contributed by atoms with Crippen LogP contribution in [0.3, 0.4) is 0 Å². The molecule has 1 aromatic heterocycles. The van der Waals surface area contributed by atoms with Gasteiger partial charge in [-0.1, -0.05) is 153 Å². The lowest BCUT2D eigenvalue weighted by Crippen LogP contribution is -2.26. The number of nitrogens with zero attached hydrogens (tertiary/aromatic N) is 1. The zero-order valence-electron chi connectivity index (χ0n) is 35.3. The van der Waals surface area contributed by atoms with E-state index >= 15 is 0 Å². The van der Waals surface area contributed by atoms with Gasteiger partial charge < -0.3 is 9.32 Å². The van der Waals surface area contributed by atoms with Crippen molar-refractivity contribution in [3.63, 3.8) is 0 Å². The van der Waals surface area contributed by atoms with Gasteiger partial charge in [0.2, 0.25) is 0 Å². The first-order valence-corrected chi connectivity index (χ1v) is 21.8. The van der Waals surface area contributed by atoms with Crippen LogP contribution in [0.25, 0.3) is 66.4 Å². The molecule has 0 saturated carbocycles. The number of rotatable bonds is 4. The maximum Gasteiger partial charge on any atom is 0.136 e. The third-order valence-electron chi connectivity index (χ3n) is 14.6. The highest BCUT2D eigenvalue weighted by Gasteiger charge is 2.52. The topological polar surface area (TPSA) is 16.4 Å². The number of hydrogen-bond acceptors (Lipinski definition) is 2. The van der Waals surface area contributed by atoms with E-state index in [-0.39, 0.29) is 5.41 Å². The minimum Gasteiger partial charge on any atom is -0.456 e. The average molecular weight is 794 g/mol. The van der Waals surface area contributed by atoms with Gasteiger partial charge in [-0.2, -0.15) is 0 Å². The molecule has 294 valence electrons. The normalized spacial score (nSPS) is 15.9. The molecule has 1 spiro atoms. The van der Waals surface area contributed by atoms with E-state index in [1.54, 1.807) is 0 Å². The van der Waals surface area contributed by atoms with E-state index in [0.29, 0.717) is 0 Å². The van der Waals surface area contributed by atoms with Crippen molar-refractivity contribution in [3.05, 3.63) is 233 Å².